The molecule has 7 nitrogen and oxygen atoms in total. The highest BCUT2D eigenvalue weighted by atomic mass is 32.2. The van der Waals surface area contributed by atoms with Crippen LogP contribution in [0.5, 0.6) is 11.5 Å². The highest BCUT2D eigenvalue weighted by Crippen LogP contribution is 2.24. The molecule has 3 aromatic carbocycles. The first-order valence-electron chi connectivity index (χ1n) is 10.6. The molecule has 0 saturated carbocycles. The molecule has 0 spiro atoms. The van der Waals surface area contributed by atoms with Gasteiger partial charge in [-0.1, -0.05) is 30.3 Å². The van der Waals surface area contributed by atoms with Crippen LogP contribution in [0.1, 0.15) is 31.0 Å². The second-order valence-corrected chi connectivity index (χ2v) is 9.16. The van der Waals surface area contributed by atoms with Crippen LogP contribution in [0.25, 0.3) is 0 Å². The molecule has 1 amide bonds. The van der Waals surface area contributed by atoms with Gasteiger partial charge in [-0.25, -0.2) is 8.42 Å². The summed E-state index contributed by atoms with van der Waals surface area (Å²) in [5.41, 5.74) is 2.03. The fraction of sp³-hybridized carbons (Fsp3) is 0.240. The molecular weight excluding hydrogens is 440 g/mol. The van der Waals surface area contributed by atoms with E-state index in [4.69, 9.17) is 9.47 Å². The highest BCUT2D eigenvalue weighted by molar-refractivity contribution is 7.92. The molecule has 0 aliphatic heterocycles. The lowest BCUT2D eigenvalue weighted by Gasteiger charge is -2.15. The predicted octanol–water partition coefficient (Wildman–Crippen LogP) is 4.45. The van der Waals surface area contributed by atoms with Crippen molar-refractivity contribution in [3.8, 4) is 11.5 Å². The van der Waals surface area contributed by atoms with E-state index in [9.17, 15) is 13.2 Å². The molecule has 3 rings (SSSR count). The summed E-state index contributed by atoms with van der Waals surface area (Å²) < 4.78 is 39.0. The molecule has 8 heteroatoms. The third-order valence-corrected chi connectivity index (χ3v) is 6.29. The molecule has 0 aliphatic rings. The van der Waals surface area contributed by atoms with Gasteiger partial charge in [0.05, 0.1) is 17.5 Å². The third kappa shape index (κ3) is 6.73. The minimum absolute atomic E-state index is 0.100. The fourth-order valence-electron chi connectivity index (χ4n) is 3.20. The smallest absolute Gasteiger partial charge is 0.261 e. The topological polar surface area (TPSA) is 93.7 Å². The summed E-state index contributed by atoms with van der Waals surface area (Å²) in [4.78, 5) is 12.4. The molecular formula is C25H28N2O5S. The summed E-state index contributed by atoms with van der Waals surface area (Å²) >= 11 is 0. The molecule has 2 N–H and O–H groups in total. The Kier molecular flexibility index (Phi) is 7.95. The van der Waals surface area contributed by atoms with Gasteiger partial charge >= 0.3 is 0 Å². The predicted molar refractivity (Wildman–Crippen MR) is 128 cm³/mol. The molecule has 0 heterocycles. The number of benzene rings is 3. The molecule has 0 fully saturated rings. The van der Waals surface area contributed by atoms with Crippen molar-refractivity contribution >= 4 is 21.6 Å². The quantitative estimate of drug-likeness (QED) is 0.459. The van der Waals surface area contributed by atoms with Crippen molar-refractivity contribution in [3.05, 3.63) is 83.9 Å². The lowest BCUT2D eigenvalue weighted by Crippen LogP contribution is -2.31. The van der Waals surface area contributed by atoms with Crippen molar-refractivity contribution in [1.29, 1.82) is 0 Å². The molecule has 0 saturated heterocycles. The van der Waals surface area contributed by atoms with Crippen LogP contribution < -0.4 is 19.5 Å². The van der Waals surface area contributed by atoms with E-state index in [1.165, 1.54) is 12.1 Å². The second kappa shape index (κ2) is 10.9. The molecule has 0 aromatic heterocycles. The molecule has 1 unspecified atom stereocenters. The third-order valence-electron chi connectivity index (χ3n) is 4.91. The van der Waals surface area contributed by atoms with E-state index < -0.39 is 10.0 Å². The van der Waals surface area contributed by atoms with Crippen LogP contribution in [0.3, 0.4) is 0 Å². The van der Waals surface area contributed by atoms with Gasteiger partial charge in [0.1, 0.15) is 11.5 Å². The molecule has 174 valence electrons. The molecule has 0 aliphatic carbocycles. The van der Waals surface area contributed by atoms with Gasteiger partial charge in [-0.15, -0.1) is 0 Å². The number of anilines is 1. The van der Waals surface area contributed by atoms with Gasteiger partial charge in [0.2, 0.25) is 0 Å². The van der Waals surface area contributed by atoms with Gasteiger partial charge in [-0.05, 0) is 74.4 Å². The molecule has 0 radical (unpaired) electrons. The second-order valence-electron chi connectivity index (χ2n) is 7.48. The Balaban J connectivity index is 1.60. The standard InChI is InChI=1S/C25H28N2O5S/c1-4-31-22-12-10-21(11-13-22)27-33(29,30)23-14-15-24(18(2)16-23)32-17-25(28)26-19(3)20-8-6-5-7-9-20/h5-16,19,27H,4,17H2,1-3H3,(H,26,28). The average Bonchev–Trinajstić information content (AvgIpc) is 2.80. The van der Waals surface area contributed by atoms with Crippen LogP contribution in [0.15, 0.2) is 77.7 Å². The Bertz CT molecular complexity index is 1180. The first-order chi connectivity index (χ1) is 15.8. The first-order valence-corrected chi connectivity index (χ1v) is 12.1. The van der Waals surface area contributed by atoms with Crippen molar-refractivity contribution in [2.45, 2.75) is 31.7 Å². The number of carbonyl (C=O) groups excluding carboxylic acids is 1. The van der Waals surface area contributed by atoms with Crippen molar-refractivity contribution in [2.24, 2.45) is 0 Å². The lowest BCUT2D eigenvalue weighted by molar-refractivity contribution is -0.123. The van der Waals surface area contributed by atoms with Crippen molar-refractivity contribution in [1.82, 2.24) is 5.32 Å². The van der Waals surface area contributed by atoms with Gasteiger partial charge in [0.25, 0.3) is 15.9 Å². The number of hydrogen-bond acceptors (Lipinski definition) is 5. The zero-order valence-electron chi connectivity index (χ0n) is 18.9. The van der Waals surface area contributed by atoms with Crippen molar-refractivity contribution in [3.63, 3.8) is 0 Å². The maximum absolute atomic E-state index is 12.8. The van der Waals surface area contributed by atoms with E-state index in [0.29, 0.717) is 29.4 Å². The SMILES string of the molecule is CCOc1ccc(NS(=O)(=O)c2ccc(OCC(=O)NC(C)c3ccccc3)c(C)c2)cc1. The van der Waals surface area contributed by atoms with E-state index in [1.54, 1.807) is 37.3 Å². The Labute approximate surface area is 194 Å². The Hall–Kier alpha value is -3.52. The van der Waals surface area contributed by atoms with E-state index in [2.05, 4.69) is 10.0 Å². The number of rotatable bonds is 10. The van der Waals surface area contributed by atoms with Crippen LogP contribution >= 0.6 is 0 Å². The number of ether oxygens (including phenoxy) is 2. The van der Waals surface area contributed by atoms with Gasteiger partial charge < -0.3 is 14.8 Å². The maximum atomic E-state index is 12.8. The van der Waals surface area contributed by atoms with Crippen LogP contribution in [-0.2, 0) is 14.8 Å². The molecule has 1 atom stereocenters. The van der Waals surface area contributed by atoms with Crippen LogP contribution in [0.2, 0.25) is 0 Å². The summed E-state index contributed by atoms with van der Waals surface area (Å²) in [6, 6.07) is 20.7. The van der Waals surface area contributed by atoms with Gasteiger partial charge in [-0.3, -0.25) is 9.52 Å². The van der Waals surface area contributed by atoms with Crippen molar-refractivity contribution < 1.29 is 22.7 Å². The largest absolute Gasteiger partial charge is 0.494 e. The minimum Gasteiger partial charge on any atom is -0.494 e. The number of amides is 1. The Morgan fingerprint density at radius 1 is 0.970 bits per heavy atom. The molecule has 3 aromatic rings. The fourth-order valence-corrected chi connectivity index (χ4v) is 4.35. The number of hydrogen-bond donors (Lipinski definition) is 2. The minimum atomic E-state index is -3.78. The van der Waals surface area contributed by atoms with E-state index in [0.717, 1.165) is 5.56 Å². The molecule has 33 heavy (non-hydrogen) atoms. The Morgan fingerprint density at radius 2 is 1.67 bits per heavy atom. The van der Waals surface area contributed by atoms with Crippen LogP contribution in [-0.4, -0.2) is 27.5 Å². The lowest BCUT2D eigenvalue weighted by atomic mass is 10.1. The summed E-state index contributed by atoms with van der Waals surface area (Å²) in [5.74, 6) is 0.845. The zero-order valence-corrected chi connectivity index (χ0v) is 19.7. The summed E-state index contributed by atoms with van der Waals surface area (Å²) in [6.45, 7) is 5.87. The number of nitrogens with one attached hydrogen (secondary N) is 2. The Morgan fingerprint density at radius 3 is 2.30 bits per heavy atom. The van der Waals surface area contributed by atoms with E-state index in [-0.39, 0.29) is 23.5 Å². The van der Waals surface area contributed by atoms with Crippen molar-refractivity contribution in [2.75, 3.05) is 17.9 Å². The summed E-state index contributed by atoms with van der Waals surface area (Å²) in [5, 5.41) is 2.88. The molecule has 0 bridgehead atoms. The highest BCUT2D eigenvalue weighted by Gasteiger charge is 2.17. The maximum Gasteiger partial charge on any atom is 0.261 e. The van der Waals surface area contributed by atoms with Gasteiger partial charge in [0, 0.05) is 5.69 Å². The van der Waals surface area contributed by atoms with Gasteiger partial charge in [0.15, 0.2) is 6.61 Å². The number of sulfonamides is 1. The number of aryl methyl sites for hydroxylation is 1. The monoisotopic (exact) mass is 468 g/mol. The van der Waals surface area contributed by atoms with E-state index in [1.807, 2.05) is 44.2 Å². The van der Waals surface area contributed by atoms with E-state index >= 15 is 0 Å². The summed E-state index contributed by atoms with van der Waals surface area (Å²) in [7, 11) is -3.78. The normalized spacial score (nSPS) is 12.0. The van der Waals surface area contributed by atoms with Crippen LogP contribution in [0, 0.1) is 6.92 Å². The summed E-state index contributed by atoms with van der Waals surface area (Å²) in [6.07, 6.45) is 0. The first kappa shape index (κ1) is 24.1. The van der Waals surface area contributed by atoms with Crippen LogP contribution in [0.4, 0.5) is 5.69 Å². The average molecular weight is 469 g/mol. The zero-order chi connectivity index (χ0) is 23.8. The van der Waals surface area contributed by atoms with Gasteiger partial charge in [-0.2, -0.15) is 0 Å². The number of carbonyl (C=O) groups is 1.